The predicted octanol–water partition coefficient (Wildman–Crippen LogP) is 8.01. The number of hydrogen-bond acceptors (Lipinski definition) is 6. The van der Waals surface area contributed by atoms with Crippen LogP contribution in [0.5, 0.6) is 11.5 Å². The van der Waals surface area contributed by atoms with Crippen LogP contribution in [0.15, 0.2) is 30.3 Å². The first-order valence-electron chi connectivity index (χ1n) is 16.7. The zero-order valence-electron chi connectivity index (χ0n) is 27.9. The number of imide groups is 1. The van der Waals surface area contributed by atoms with Crippen LogP contribution >= 0.6 is 0 Å². The molecule has 8 nitrogen and oxygen atoms in total. The molecule has 1 aliphatic heterocycles. The minimum absolute atomic E-state index is 0.0634. The molecule has 45 heavy (non-hydrogen) atoms. The number of anilines is 1. The highest BCUT2D eigenvalue weighted by Gasteiger charge is 2.45. The number of rotatable bonds is 21. The summed E-state index contributed by atoms with van der Waals surface area (Å²) in [6.07, 6.45) is 15.9. The van der Waals surface area contributed by atoms with Gasteiger partial charge in [-0.1, -0.05) is 101 Å². The van der Waals surface area contributed by atoms with Gasteiger partial charge < -0.3 is 19.3 Å². The summed E-state index contributed by atoms with van der Waals surface area (Å²) in [6.45, 7) is 6.24. The summed E-state index contributed by atoms with van der Waals surface area (Å²) in [7, 11) is 1.55. The van der Waals surface area contributed by atoms with E-state index in [1.165, 1.54) is 56.3 Å². The summed E-state index contributed by atoms with van der Waals surface area (Å²) < 4.78 is 23.8. The van der Waals surface area contributed by atoms with Crippen LogP contribution in [0, 0.1) is 0 Å². The second kappa shape index (κ2) is 18.8. The fraction of sp³-hybridized carbons (Fsp3) is 0.583. The minimum atomic E-state index is -1.33. The third kappa shape index (κ3) is 9.97. The second-order valence-electron chi connectivity index (χ2n) is 11.8. The lowest BCUT2D eigenvalue weighted by Gasteiger charge is -2.27. The standard InChI is InChI=1S/C36H52N2O6S/c1-6-9-10-11-12-13-14-15-16-17-18-19-26-20-22-28(37-32(39)7-2)34-33(26)35(40)38(36(34)41)29(25-45(5)42)27-21-23-30(43-4)31(24-27)44-8-3/h20-24,29H,6-19,25H2,1-5H3,(H,37,39). The summed E-state index contributed by atoms with van der Waals surface area (Å²) in [4.78, 5) is 42.0. The number of hydrogen-bond donors (Lipinski definition) is 1. The summed E-state index contributed by atoms with van der Waals surface area (Å²) in [6, 6.07) is 8.06. The highest BCUT2D eigenvalue weighted by molar-refractivity contribution is 7.90. The number of fused-ring (bicyclic) bond motifs is 1. The lowest BCUT2D eigenvalue weighted by atomic mass is 9.96. The van der Waals surface area contributed by atoms with Crippen molar-refractivity contribution < 1.29 is 28.4 Å². The van der Waals surface area contributed by atoms with Gasteiger partial charge in [-0.05, 0) is 49.1 Å². The SMILES string of the molecule is CCCCCCCCCCCCCc1ccc(NC(=O)CC)c2c1C(=O)N(C(C[S+](C)[O-])c1ccc(OC)c(OCC)c1)C2=O. The topological polar surface area (TPSA) is 108 Å². The highest BCUT2D eigenvalue weighted by Crippen LogP contribution is 2.40. The minimum Gasteiger partial charge on any atom is -0.616 e. The summed E-state index contributed by atoms with van der Waals surface area (Å²) in [5.74, 6) is -0.0891. The van der Waals surface area contributed by atoms with Gasteiger partial charge in [0, 0.05) is 6.42 Å². The fourth-order valence-corrected chi connectivity index (χ4v) is 6.76. The van der Waals surface area contributed by atoms with E-state index in [0.717, 1.165) is 24.8 Å². The first kappa shape index (κ1) is 36.4. The van der Waals surface area contributed by atoms with Gasteiger partial charge in [0.05, 0.1) is 36.8 Å². The number of aryl methyl sites for hydroxylation is 1. The van der Waals surface area contributed by atoms with Crippen LogP contribution in [0.2, 0.25) is 0 Å². The van der Waals surface area contributed by atoms with Crippen LogP contribution in [0.4, 0.5) is 5.69 Å². The average Bonchev–Trinajstić information content (AvgIpc) is 3.29. The molecule has 0 fully saturated rings. The number of unbranched alkanes of at least 4 members (excludes halogenated alkanes) is 10. The number of nitrogens with zero attached hydrogens (tertiary/aromatic N) is 1. The van der Waals surface area contributed by atoms with Gasteiger partial charge in [-0.15, -0.1) is 0 Å². The maximum Gasteiger partial charge on any atom is 0.264 e. The largest absolute Gasteiger partial charge is 0.616 e. The van der Waals surface area contributed by atoms with E-state index in [2.05, 4.69) is 12.2 Å². The summed E-state index contributed by atoms with van der Waals surface area (Å²) in [5.41, 5.74) is 2.31. The van der Waals surface area contributed by atoms with Gasteiger partial charge in [0.2, 0.25) is 5.91 Å². The molecule has 3 amide bonds. The molecule has 3 rings (SSSR count). The number of carbonyl (C=O) groups is 3. The first-order chi connectivity index (χ1) is 21.8. The molecule has 2 atom stereocenters. The van der Waals surface area contributed by atoms with E-state index in [-0.39, 0.29) is 23.6 Å². The van der Waals surface area contributed by atoms with Crippen molar-refractivity contribution in [3.05, 3.63) is 52.6 Å². The van der Waals surface area contributed by atoms with Crippen LogP contribution in [0.3, 0.4) is 0 Å². The maximum atomic E-state index is 14.2. The molecule has 1 aliphatic rings. The van der Waals surface area contributed by atoms with Gasteiger partial charge in [-0.2, -0.15) is 0 Å². The molecule has 2 aromatic rings. The van der Waals surface area contributed by atoms with Crippen LogP contribution < -0.4 is 14.8 Å². The van der Waals surface area contributed by atoms with Crippen LogP contribution in [-0.2, 0) is 22.4 Å². The molecular weight excluding hydrogens is 588 g/mol. The van der Waals surface area contributed by atoms with Crippen molar-refractivity contribution in [2.45, 2.75) is 110 Å². The Bertz CT molecular complexity index is 1280. The molecule has 2 aromatic carbocycles. The van der Waals surface area contributed by atoms with Gasteiger partial charge in [0.25, 0.3) is 11.8 Å². The van der Waals surface area contributed by atoms with E-state index >= 15 is 0 Å². The van der Waals surface area contributed by atoms with E-state index < -0.39 is 29.0 Å². The van der Waals surface area contributed by atoms with Crippen molar-refractivity contribution >= 4 is 34.6 Å². The summed E-state index contributed by atoms with van der Waals surface area (Å²) >= 11 is -1.33. The second-order valence-corrected chi connectivity index (χ2v) is 13.3. The number of methoxy groups -OCH3 is 1. The molecule has 0 aromatic heterocycles. The van der Waals surface area contributed by atoms with Crippen molar-refractivity contribution in [1.82, 2.24) is 4.90 Å². The molecule has 1 heterocycles. The number of amides is 3. The number of benzene rings is 2. The van der Waals surface area contributed by atoms with Crippen LogP contribution in [-0.4, -0.2) is 52.9 Å². The monoisotopic (exact) mass is 640 g/mol. The van der Waals surface area contributed by atoms with Crippen molar-refractivity contribution in [1.29, 1.82) is 0 Å². The van der Waals surface area contributed by atoms with Crippen molar-refractivity contribution in [2.75, 3.05) is 31.0 Å². The van der Waals surface area contributed by atoms with Crippen LogP contribution in [0.1, 0.15) is 136 Å². The normalized spacial score (nSPS) is 14.0. The number of ether oxygens (including phenoxy) is 2. The molecule has 0 saturated carbocycles. The maximum absolute atomic E-state index is 14.2. The predicted molar refractivity (Wildman–Crippen MR) is 182 cm³/mol. The van der Waals surface area contributed by atoms with Gasteiger partial charge >= 0.3 is 0 Å². The van der Waals surface area contributed by atoms with Crippen LogP contribution in [0.25, 0.3) is 0 Å². The van der Waals surface area contributed by atoms with Crippen molar-refractivity contribution in [3.8, 4) is 11.5 Å². The Morgan fingerprint density at radius 3 is 2.07 bits per heavy atom. The quantitative estimate of drug-likeness (QED) is 0.0841. The van der Waals surface area contributed by atoms with Gasteiger partial charge in [-0.3, -0.25) is 19.3 Å². The zero-order chi connectivity index (χ0) is 32.8. The molecule has 2 unspecified atom stereocenters. The third-order valence-electron chi connectivity index (χ3n) is 8.38. The molecule has 0 saturated heterocycles. The number of nitrogens with one attached hydrogen (secondary N) is 1. The highest BCUT2D eigenvalue weighted by atomic mass is 32.2. The van der Waals surface area contributed by atoms with Crippen molar-refractivity contribution in [3.63, 3.8) is 0 Å². The Hall–Kier alpha value is -3.04. The molecule has 9 heteroatoms. The van der Waals surface area contributed by atoms with Gasteiger partial charge in [-0.25, -0.2) is 0 Å². The third-order valence-corrected chi connectivity index (χ3v) is 9.16. The van der Waals surface area contributed by atoms with E-state index in [1.807, 2.05) is 13.0 Å². The Kier molecular flexibility index (Phi) is 15.2. The zero-order valence-corrected chi connectivity index (χ0v) is 28.7. The lowest BCUT2D eigenvalue weighted by Crippen LogP contribution is -2.38. The first-order valence-corrected chi connectivity index (χ1v) is 18.4. The van der Waals surface area contributed by atoms with Crippen molar-refractivity contribution in [2.24, 2.45) is 0 Å². The lowest BCUT2D eigenvalue weighted by molar-refractivity contribution is -0.115. The Balaban J connectivity index is 1.83. The van der Waals surface area contributed by atoms with Gasteiger partial charge in [0.1, 0.15) is 11.8 Å². The molecular formula is C36H52N2O6S. The van der Waals surface area contributed by atoms with E-state index in [1.54, 1.807) is 44.6 Å². The molecule has 0 spiro atoms. The fourth-order valence-electron chi connectivity index (χ4n) is 5.97. The molecule has 0 radical (unpaired) electrons. The summed E-state index contributed by atoms with van der Waals surface area (Å²) in [5, 5.41) is 2.83. The Labute approximate surface area is 272 Å². The Morgan fingerprint density at radius 2 is 1.49 bits per heavy atom. The van der Waals surface area contributed by atoms with E-state index in [4.69, 9.17) is 9.47 Å². The Morgan fingerprint density at radius 1 is 0.867 bits per heavy atom. The van der Waals surface area contributed by atoms with E-state index in [9.17, 15) is 18.9 Å². The average molecular weight is 641 g/mol. The van der Waals surface area contributed by atoms with Gasteiger partial charge in [0.15, 0.2) is 11.5 Å². The molecule has 248 valence electrons. The smallest absolute Gasteiger partial charge is 0.264 e. The van der Waals surface area contributed by atoms with E-state index in [0.29, 0.717) is 41.3 Å². The number of carbonyl (C=O) groups excluding carboxylic acids is 3. The molecule has 0 aliphatic carbocycles. The molecule has 1 N–H and O–H groups in total. The molecule has 0 bridgehead atoms.